The third-order valence-electron chi connectivity index (χ3n) is 2.58. The summed E-state index contributed by atoms with van der Waals surface area (Å²) in [6.07, 6.45) is 12.2. The zero-order chi connectivity index (χ0) is 11.4. The summed E-state index contributed by atoms with van der Waals surface area (Å²) in [5, 5.41) is 0. The molecule has 0 spiro atoms. The Morgan fingerprint density at radius 3 is 1.87 bits per heavy atom. The van der Waals surface area contributed by atoms with E-state index in [1.54, 1.807) is 0 Å². The van der Waals surface area contributed by atoms with Crippen LogP contribution in [-0.4, -0.2) is 5.97 Å². The molecule has 0 saturated heterocycles. The standard InChI is InChI=1S/C12H24O2.Mo/c1-2-3-4-5-6-7-8-9-10-11-12(13)14;/h2-11H2,1H3,(H,13,14);/q;+1/p-1. The van der Waals surface area contributed by atoms with E-state index in [-0.39, 0.29) is 5.97 Å². The first-order chi connectivity index (χ1) is 7.31. The predicted molar refractivity (Wildman–Crippen MR) is 57.9 cm³/mol. The molecular weight excluding hydrogens is 272 g/mol. The maximum absolute atomic E-state index is 10.8. The van der Waals surface area contributed by atoms with E-state index in [1.807, 2.05) is 0 Å². The molecule has 15 heavy (non-hydrogen) atoms. The van der Waals surface area contributed by atoms with Crippen LogP contribution in [-0.2, 0) is 28.4 Å². The van der Waals surface area contributed by atoms with Crippen LogP contribution in [0.15, 0.2) is 0 Å². The first-order valence-corrected chi connectivity index (χ1v) is 6.95. The van der Waals surface area contributed by atoms with E-state index >= 15 is 0 Å². The molecule has 0 atom stereocenters. The third-order valence-corrected chi connectivity index (χ3v) is 3.03. The quantitative estimate of drug-likeness (QED) is 0.451. The zero-order valence-corrected chi connectivity index (χ0v) is 11.8. The molecule has 0 aliphatic carbocycles. The topological polar surface area (TPSA) is 26.3 Å². The van der Waals surface area contributed by atoms with Crippen LogP contribution in [0.25, 0.3) is 0 Å². The van der Waals surface area contributed by atoms with Gasteiger partial charge in [-0.3, -0.25) is 0 Å². The average Bonchev–Trinajstić information content (AvgIpc) is 2.26. The van der Waals surface area contributed by atoms with Gasteiger partial charge >= 0.3 is 98.6 Å². The Labute approximate surface area is 106 Å². The van der Waals surface area contributed by atoms with Crippen LogP contribution in [0.1, 0.15) is 71.1 Å². The summed E-state index contributed by atoms with van der Waals surface area (Å²) >= 11 is 1.39. The zero-order valence-electron chi connectivity index (χ0n) is 9.80. The first kappa shape index (κ1) is 15.2. The summed E-state index contributed by atoms with van der Waals surface area (Å²) < 4.78 is 4.59. The van der Waals surface area contributed by atoms with Crippen molar-refractivity contribution in [3.05, 3.63) is 0 Å². The van der Waals surface area contributed by atoms with Crippen LogP contribution in [0.4, 0.5) is 0 Å². The molecule has 0 amide bonds. The van der Waals surface area contributed by atoms with Crippen molar-refractivity contribution in [1.82, 2.24) is 0 Å². The number of hydrogen-bond acceptors (Lipinski definition) is 2. The Morgan fingerprint density at radius 1 is 0.933 bits per heavy atom. The van der Waals surface area contributed by atoms with Crippen molar-refractivity contribution in [3.63, 3.8) is 0 Å². The predicted octanol–water partition coefficient (Wildman–Crippen LogP) is 3.91. The molecule has 0 aromatic heterocycles. The van der Waals surface area contributed by atoms with Gasteiger partial charge in [0.15, 0.2) is 0 Å². The monoisotopic (exact) mass is 297 g/mol. The second-order valence-corrected chi connectivity index (χ2v) is 4.44. The summed E-state index contributed by atoms with van der Waals surface area (Å²) in [6, 6.07) is 0. The van der Waals surface area contributed by atoms with E-state index in [0.717, 1.165) is 6.42 Å². The normalized spacial score (nSPS) is 10.2. The summed E-state index contributed by atoms with van der Waals surface area (Å²) in [5.41, 5.74) is 0. The Bertz CT molecular complexity index is 149. The summed E-state index contributed by atoms with van der Waals surface area (Å²) in [7, 11) is 0. The average molecular weight is 295 g/mol. The molecule has 0 radical (unpaired) electrons. The molecule has 0 heterocycles. The fourth-order valence-electron chi connectivity index (χ4n) is 1.62. The van der Waals surface area contributed by atoms with Crippen molar-refractivity contribution in [3.8, 4) is 0 Å². The molecule has 0 rings (SSSR count). The van der Waals surface area contributed by atoms with Crippen molar-refractivity contribution < 1.29 is 28.4 Å². The Kier molecular flexibility index (Phi) is 12.4. The van der Waals surface area contributed by atoms with Crippen molar-refractivity contribution in [2.45, 2.75) is 71.1 Å². The van der Waals surface area contributed by atoms with Crippen LogP contribution >= 0.6 is 0 Å². The van der Waals surface area contributed by atoms with Gasteiger partial charge in [0, 0.05) is 0 Å². The van der Waals surface area contributed by atoms with Gasteiger partial charge in [-0.15, -0.1) is 0 Å². The van der Waals surface area contributed by atoms with Crippen LogP contribution in [0, 0.1) is 0 Å². The molecule has 0 saturated carbocycles. The second-order valence-electron chi connectivity index (χ2n) is 4.03. The fourth-order valence-corrected chi connectivity index (χ4v) is 1.83. The molecule has 0 aliphatic heterocycles. The number of rotatable bonds is 10. The summed E-state index contributed by atoms with van der Waals surface area (Å²) in [6.45, 7) is 2.24. The molecule has 89 valence electrons. The molecule has 0 aliphatic rings. The van der Waals surface area contributed by atoms with Gasteiger partial charge in [0.1, 0.15) is 0 Å². The van der Waals surface area contributed by atoms with Gasteiger partial charge in [0.2, 0.25) is 0 Å². The molecule has 0 aromatic carbocycles. The van der Waals surface area contributed by atoms with Crippen molar-refractivity contribution in [2.24, 2.45) is 0 Å². The van der Waals surface area contributed by atoms with Crippen molar-refractivity contribution >= 4 is 5.97 Å². The van der Waals surface area contributed by atoms with Gasteiger partial charge < -0.3 is 0 Å². The maximum atomic E-state index is 10.8. The van der Waals surface area contributed by atoms with E-state index in [1.165, 1.54) is 71.6 Å². The molecule has 0 unspecified atom stereocenters. The molecule has 3 heteroatoms. The molecule has 2 nitrogen and oxygen atoms in total. The van der Waals surface area contributed by atoms with E-state index in [2.05, 4.69) is 10.3 Å². The van der Waals surface area contributed by atoms with Crippen LogP contribution < -0.4 is 0 Å². The van der Waals surface area contributed by atoms with Crippen LogP contribution in [0.2, 0.25) is 0 Å². The minimum atomic E-state index is -0.0669. The number of hydrogen-bond donors (Lipinski definition) is 0. The van der Waals surface area contributed by atoms with Crippen molar-refractivity contribution in [1.29, 1.82) is 0 Å². The fraction of sp³-hybridized carbons (Fsp3) is 0.917. The van der Waals surface area contributed by atoms with E-state index in [4.69, 9.17) is 0 Å². The number of unbranched alkanes of at least 4 members (excludes halogenated alkanes) is 8. The SMILES string of the molecule is CCCCCCCCCCCC(=O)[O][Mo]. The molecule has 0 N–H and O–H groups in total. The van der Waals surface area contributed by atoms with E-state index in [0.29, 0.717) is 6.42 Å². The van der Waals surface area contributed by atoms with E-state index in [9.17, 15) is 4.79 Å². The number of carbonyl (C=O) groups excluding carboxylic acids is 1. The summed E-state index contributed by atoms with van der Waals surface area (Å²) in [5.74, 6) is -0.0669. The Hall–Kier alpha value is 0.158. The van der Waals surface area contributed by atoms with Gasteiger partial charge in [-0.1, -0.05) is 6.92 Å². The molecular formula is C12H23MoO2. The Balaban J connectivity index is 2.95. The Morgan fingerprint density at radius 2 is 1.40 bits per heavy atom. The summed E-state index contributed by atoms with van der Waals surface area (Å²) in [4.78, 5) is 10.8. The van der Waals surface area contributed by atoms with Gasteiger partial charge in [0.25, 0.3) is 0 Å². The second kappa shape index (κ2) is 12.2. The van der Waals surface area contributed by atoms with Crippen LogP contribution in [0.3, 0.4) is 0 Å². The molecule has 0 aromatic rings. The third kappa shape index (κ3) is 12.1. The minimum absolute atomic E-state index is 0.0669. The first-order valence-electron chi connectivity index (χ1n) is 6.14. The van der Waals surface area contributed by atoms with Gasteiger partial charge in [0.05, 0.1) is 0 Å². The van der Waals surface area contributed by atoms with Crippen molar-refractivity contribution in [2.75, 3.05) is 0 Å². The van der Waals surface area contributed by atoms with E-state index < -0.39 is 0 Å². The van der Waals surface area contributed by atoms with Gasteiger partial charge in [-0.2, -0.15) is 0 Å². The van der Waals surface area contributed by atoms with Gasteiger partial charge in [-0.05, 0) is 0 Å². The molecule has 0 fully saturated rings. The number of carbonyl (C=O) groups is 1. The van der Waals surface area contributed by atoms with Crippen LogP contribution in [0.5, 0.6) is 0 Å². The van der Waals surface area contributed by atoms with Gasteiger partial charge in [-0.25, -0.2) is 0 Å². The molecule has 0 bridgehead atoms.